The molecule has 328 valence electrons. The number of rotatable bonds is 6. The van der Waals surface area contributed by atoms with Gasteiger partial charge in [-0.15, -0.1) is 0 Å². The Morgan fingerprint density at radius 1 is 0.600 bits per heavy atom. The van der Waals surface area contributed by atoms with Crippen LogP contribution in [0.3, 0.4) is 0 Å². The van der Waals surface area contributed by atoms with Gasteiger partial charge in [-0.05, 0) is 104 Å². The van der Waals surface area contributed by atoms with Gasteiger partial charge in [0, 0.05) is 22.9 Å². The van der Waals surface area contributed by atoms with Gasteiger partial charge in [-0.3, -0.25) is 4.57 Å². The predicted octanol–water partition coefficient (Wildman–Crippen LogP) is 14.8. The van der Waals surface area contributed by atoms with E-state index in [2.05, 4.69) is 190 Å². The van der Waals surface area contributed by atoms with Gasteiger partial charge in [0.25, 0.3) is 0 Å². The van der Waals surface area contributed by atoms with Crippen LogP contribution in [0.1, 0.15) is 117 Å². The number of allylic oxidation sites excluding steroid dienone is 4. The van der Waals surface area contributed by atoms with Gasteiger partial charge >= 0.3 is 0 Å². The number of dihydropyridines is 1. The highest BCUT2D eigenvalue weighted by atomic mass is 16.3. The molecule has 5 aromatic carbocycles. The number of phenols is 1. The average molecular weight is 856 g/mol. The van der Waals surface area contributed by atoms with Crippen molar-refractivity contribution in [2.24, 2.45) is 0 Å². The SMILES string of the molecule is CC(C)(C)c1cc(C(C#N)=C2C=C(c3ccccc3)C=CN2)nc(-c2cccc3c2nc(-c2cc(C(C)(C)C)cc(C(C)(C)C)c2O)n3-c2ccc(C(C)(C)C)cc2-c2ccccc2)c1. The highest BCUT2D eigenvalue weighted by Gasteiger charge is 2.30. The summed E-state index contributed by atoms with van der Waals surface area (Å²) in [6, 6.07) is 44.7. The standard InChI is InChI=1S/C59H61N5O/c1-56(2,3)40-26-27-51(44(31-40)38-22-17-14-18-23-38)64-52-25-19-24-43(53(52)63-55(64)45-32-41(57(4,5)6)33-47(54(45)65)59(10,11)12)49-34-42(58(7,8)9)35-50(62-49)46(36-60)48-30-39(28-29-61-48)37-20-15-13-16-21-37/h13-35,61,65H,1-12H3. The minimum atomic E-state index is -0.355. The second-order valence-electron chi connectivity index (χ2n) is 21.4. The van der Waals surface area contributed by atoms with Gasteiger partial charge < -0.3 is 10.4 Å². The van der Waals surface area contributed by atoms with Crippen molar-refractivity contribution >= 4 is 22.2 Å². The number of aromatic nitrogens is 3. The Kier molecular flexibility index (Phi) is 11.4. The van der Waals surface area contributed by atoms with Crippen LogP contribution >= 0.6 is 0 Å². The van der Waals surface area contributed by atoms with E-state index in [0.717, 1.165) is 61.2 Å². The number of nitriles is 1. The molecule has 6 nitrogen and oxygen atoms in total. The Bertz CT molecular complexity index is 3090. The van der Waals surface area contributed by atoms with Crippen molar-refractivity contribution in [3.05, 3.63) is 179 Å². The number of nitrogens with zero attached hydrogens (tertiary/aromatic N) is 4. The Morgan fingerprint density at radius 2 is 1.22 bits per heavy atom. The number of hydrogen-bond acceptors (Lipinski definition) is 5. The Balaban J connectivity index is 1.46. The van der Waals surface area contributed by atoms with E-state index in [1.54, 1.807) is 0 Å². The van der Waals surface area contributed by atoms with Gasteiger partial charge in [-0.25, -0.2) is 9.97 Å². The zero-order valence-electron chi connectivity index (χ0n) is 40.0. The van der Waals surface area contributed by atoms with Crippen molar-refractivity contribution in [1.82, 2.24) is 19.9 Å². The van der Waals surface area contributed by atoms with Gasteiger partial charge in [-0.2, -0.15) is 5.26 Å². The number of imidazole rings is 1. The van der Waals surface area contributed by atoms with E-state index in [1.807, 2.05) is 48.7 Å². The van der Waals surface area contributed by atoms with Crippen LogP contribution in [0.25, 0.3) is 61.6 Å². The van der Waals surface area contributed by atoms with Crippen molar-refractivity contribution in [1.29, 1.82) is 5.26 Å². The van der Waals surface area contributed by atoms with Crippen LogP contribution in [0.15, 0.2) is 145 Å². The first kappa shape index (κ1) is 44.6. The molecule has 2 aromatic heterocycles. The second kappa shape index (κ2) is 16.5. The zero-order chi connectivity index (χ0) is 46.6. The second-order valence-corrected chi connectivity index (χ2v) is 21.4. The molecule has 3 heterocycles. The first-order chi connectivity index (χ1) is 30.6. The molecule has 0 spiro atoms. The highest BCUT2D eigenvalue weighted by Crippen LogP contribution is 2.46. The molecule has 8 rings (SSSR count). The Morgan fingerprint density at radius 3 is 1.83 bits per heavy atom. The van der Waals surface area contributed by atoms with E-state index in [1.165, 1.54) is 5.56 Å². The molecule has 6 heteroatoms. The summed E-state index contributed by atoms with van der Waals surface area (Å²) >= 11 is 0. The number of nitrogens with one attached hydrogen (secondary N) is 1. The molecule has 7 aromatic rings. The molecule has 0 fully saturated rings. The minimum Gasteiger partial charge on any atom is -0.507 e. The first-order valence-electron chi connectivity index (χ1n) is 22.6. The number of hydrogen-bond donors (Lipinski definition) is 2. The summed E-state index contributed by atoms with van der Waals surface area (Å²) in [7, 11) is 0. The van der Waals surface area contributed by atoms with E-state index < -0.39 is 0 Å². The number of aromatic hydroxyl groups is 1. The predicted molar refractivity (Wildman–Crippen MR) is 271 cm³/mol. The summed E-state index contributed by atoms with van der Waals surface area (Å²) < 4.78 is 2.23. The summed E-state index contributed by atoms with van der Waals surface area (Å²) in [5, 5.41) is 26.8. The van der Waals surface area contributed by atoms with Crippen molar-refractivity contribution in [2.75, 3.05) is 0 Å². The van der Waals surface area contributed by atoms with Gasteiger partial charge in [0.1, 0.15) is 23.2 Å². The average Bonchev–Trinajstić information content (AvgIpc) is 3.65. The van der Waals surface area contributed by atoms with Crippen LogP contribution in [0.2, 0.25) is 0 Å². The maximum absolute atomic E-state index is 12.5. The molecule has 0 saturated heterocycles. The van der Waals surface area contributed by atoms with Crippen LogP contribution in [-0.2, 0) is 21.7 Å². The molecule has 1 aliphatic rings. The molecule has 0 saturated carbocycles. The van der Waals surface area contributed by atoms with E-state index in [9.17, 15) is 10.4 Å². The topological polar surface area (TPSA) is 86.8 Å². The maximum atomic E-state index is 12.5. The quantitative estimate of drug-likeness (QED) is 0.163. The smallest absolute Gasteiger partial charge is 0.149 e. The van der Waals surface area contributed by atoms with Crippen LogP contribution in [-0.4, -0.2) is 19.6 Å². The summed E-state index contributed by atoms with van der Waals surface area (Å²) in [5.74, 6) is 0.847. The van der Waals surface area contributed by atoms with Crippen molar-refractivity contribution in [3.63, 3.8) is 0 Å². The molecule has 0 amide bonds. The molecule has 1 aliphatic heterocycles. The fourth-order valence-corrected chi connectivity index (χ4v) is 8.49. The van der Waals surface area contributed by atoms with Crippen LogP contribution in [0, 0.1) is 11.3 Å². The number of benzene rings is 5. The van der Waals surface area contributed by atoms with E-state index in [0.29, 0.717) is 34.0 Å². The number of phenolic OH excluding ortho intramolecular Hbond substituents is 1. The molecule has 65 heavy (non-hydrogen) atoms. The molecule has 2 N–H and O–H groups in total. The number of para-hydroxylation sites is 1. The molecule has 0 bridgehead atoms. The lowest BCUT2D eigenvalue weighted by Gasteiger charge is -2.28. The molecule has 0 atom stereocenters. The number of pyridine rings is 1. The molecule has 0 radical (unpaired) electrons. The highest BCUT2D eigenvalue weighted by molar-refractivity contribution is 5.97. The Hall–Kier alpha value is -6.97. The largest absolute Gasteiger partial charge is 0.507 e. The minimum absolute atomic E-state index is 0.0998. The van der Waals surface area contributed by atoms with Gasteiger partial charge in [0.05, 0.1) is 39.4 Å². The lowest BCUT2D eigenvalue weighted by atomic mass is 9.79. The van der Waals surface area contributed by atoms with Crippen molar-refractivity contribution in [3.8, 4) is 51.3 Å². The van der Waals surface area contributed by atoms with Crippen molar-refractivity contribution < 1.29 is 5.11 Å². The first-order valence-corrected chi connectivity index (χ1v) is 22.6. The third kappa shape index (κ3) is 8.81. The molecular formula is C59H61N5O. The van der Waals surface area contributed by atoms with E-state index >= 15 is 0 Å². The Labute approximate surface area is 385 Å². The maximum Gasteiger partial charge on any atom is 0.149 e. The summed E-state index contributed by atoms with van der Waals surface area (Å²) in [4.78, 5) is 11.0. The van der Waals surface area contributed by atoms with Gasteiger partial charge in [0.2, 0.25) is 0 Å². The summed E-state index contributed by atoms with van der Waals surface area (Å²) in [5.41, 5.74) is 13.9. The third-order valence-corrected chi connectivity index (χ3v) is 12.4. The van der Waals surface area contributed by atoms with Crippen LogP contribution in [0.4, 0.5) is 0 Å². The fraction of sp³-hybridized carbons (Fsp3) is 0.271. The van der Waals surface area contributed by atoms with Gasteiger partial charge in [-0.1, -0.05) is 168 Å². The molecular weight excluding hydrogens is 795 g/mol. The normalized spacial score (nSPS) is 14.2. The monoisotopic (exact) mass is 855 g/mol. The fourth-order valence-electron chi connectivity index (χ4n) is 8.49. The lowest BCUT2D eigenvalue weighted by Crippen LogP contribution is -2.17. The van der Waals surface area contributed by atoms with Gasteiger partial charge in [0.15, 0.2) is 0 Å². The van der Waals surface area contributed by atoms with E-state index in [4.69, 9.17) is 9.97 Å². The third-order valence-electron chi connectivity index (χ3n) is 12.4. The zero-order valence-corrected chi connectivity index (χ0v) is 40.0. The molecule has 0 aliphatic carbocycles. The summed E-state index contributed by atoms with van der Waals surface area (Å²) in [6.07, 6.45) is 5.92. The van der Waals surface area contributed by atoms with E-state index in [-0.39, 0.29) is 27.4 Å². The molecule has 0 unspecified atom stereocenters. The van der Waals surface area contributed by atoms with Crippen molar-refractivity contribution in [2.45, 2.75) is 105 Å². The van der Waals surface area contributed by atoms with Crippen LogP contribution < -0.4 is 5.32 Å². The lowest BCUT2D eigenvalue weighted by molar-refractivity contribution is 0.446. The summed E-state index contributed by atoms with van der Waals surface area (Å²) in [6.45, 7) is 26.3. The van der Waals surface area contributed by atoms with Crippen LogP contribution in [0.5, 0.6) is 5.75 Å². The number of fused-ring (bicyclic) bond motifs is 1.